The maximum atomic E-state index is 12.5. The minimum absolute atomic E-state index is 0.0611. The summed E-state index contributed by atoms with van der Waals surface area (Å²) in [6.45, 7) is 2.31. The molecule has 0 bridgehead atoms. The van der Waals surface area contributed by atoms with Crippen LogP contribution in [-0.2, 0) is 29.2 Å². The van der Waals surface area contributed by atoms with E-state index in [0.29, 0.717) is 32.8 Å². The Bertz CT molecular complexity index is 434. The van der Waals surface area contributed by atoms with Crippen molar-refractivity contribution >= 4 is 16.2 Å². The van der Waals surface area contributed by atoms with Gasteiger partial charge in [0, 0.05) is 26.2 Å². The maximum absolute atomic E-state index is 12.5. The van der Waals surface area contributed by atoms with E-state index in [-0.39, 0.29) is 19.6 Å². The van der Waals surface area contributed by atoms with E-state index < -0.39 is 22.3 Å². The first-order chi connectivity index (χ1) is 9.54. The lowest BCUT2D eigenvalue weighted by Gasteiger charge is -2.36. The van der Waals surface area contributed by atoms with Crippen molar-refractivity contribution in [1.29, 1.82) is 0 Å². The zero-order valence-corrected chi connectivity index (χ0v) is 12.3. The van der Waals surface area contributed by atoms with Crippen molar-refractivity contribution in [2.45, 2.75) is 12.5 Å². The molecule has 0 radical (unpaired) electrons. The molecule has 116 valence electrons. The number of carbonyl (C=O) groups is 1. The van der Waals surface area contributed by atoms with E-state index in [2.05, 4.69) is 4.74 Å². The third-order valence-electron chi connectivity index (χ3n) is 3.35. The quantitative estimate of drug-likeness (QED) is 0.608. The van der Waals surface area contributed by atoms with Crippen molar-refractivity contribution in [2.75, 3.05) is 53.1 Å². The number of rotatable bonds is 4. The fraction of sp³-hybridized carbons (Fsp3) is 0.909. The number of esters is 1. The van der Waals surface area contributed by atoms with Crippen LogP contribution in [-0.4, -0.2) is 82.2 Å². The van der Waals surface area contributed by atoms with Gasteiger partial charge in [-0.3, -0.25) is 4.79 Å². The van der Waals surface area contributed by atoms with Gasteiger partial charge in [-0.05, 0) is 0 Å². The smallest absolute Gasteiger partial charge is 0.308 e. The molecule has 2 saturated heterocycles. The third kappa shape index (κ3) is 3.67. The Morgan fingerprint density at radius 3 is 2.50 bits per heavy atom. The van der Waals surface area contributed by atoms with Gasteiger partial charge in [0.15, 0.2) is 0 Å². The second-order valence-electron chi connectivity index (χ2n) is 4.65. The number of ether oxygens (including phenoxy) is 3. The van der Waals surface area contributed by atoms with Gasteiger partial charge >= 0.3 is 5.97 Å². The van der Waals surface area contributed by atoms with E-state index in [0.717, 1.165) is 0 Å². The standard InChI is InChI=1S/C11H20N2O6S/c1-17-11(14)8-10-9-13(4-7-19-10)20(15,16)12-2-5-18-6-3-12/h10H,2-9H2,1H3. The summed E-state index contributed by atoms with van der Waals surface area (Å²) < 4.78 is 42.9. The summed E-state index contributed by atoms with van der Waals surface area (Å²) in [5.41, 5.74) is 0. The Morgan fingerprint density at radius 2 is 1.85 bits per heavy atom. The zero-order chi connectivity index (χ0) is 14.6. The normalized spacial score (nSPS) is 26.4. The van der Waals surface area contributed by atoms with Gasteiger partial charge < -0.3 is 14.2 Å². The van der Waals surface area contributed by atoms with Gasteiger partial charge in [-0.25, -0.2) is 0 Å². The van der Waals surface area contributed by atoms with E-state index in [1.807, 2.05) is 0 Å². The number of hydrogen-bond acceptors (Lipinski definition) is 6. The lowest BCUT2D eigenvalue weighted by molar-refractivity contribution is -0.145. The van der Waals surface area contributed by atoms with Crippen molar-refractivity contribution in [1.82, 2.24) is 8.61 Å². The van der Waals surface area contributed by atoms with Gasteiger partial charge in [0.2, 0.25) is 0 Å². The summed E-state index contributed by atoms with van der Waals surface area (Å²) in [5, 5.41) is 0. The monoisotopic (exact) mass is 308 g/mol. The van der Waals surface area contributed by atoms with Crippen molar-refractivity contribution in [3.8, 4) is 0 Å². The van der Waals surface area contributed by atoms with Crippen LogP contribution in [0.15, 0.2) is 0 Å². The van der Waals surface area contributed by atoms with E-state index in [9.17, 15) is 13.2 Å². The molecule has 0 saturated carbocycles. The summed E-state index contributed by atoms with van der Waals surface area (Å²) >= 11 is 0. The molecule has 0 aromatic heterocycles. The van der Waals surface area contributed by atoms with E-state index in [1.165, 1.54) is 15.7 Å². The SMILES string of the molecule is COC(=O)CC1CN(S(=O)(=O)N2CCOCC2)CCO1. The van der Waals surface area contributed by atoms with Crippen molar-refractivity contribution in [2.24, 2.45) is 0 Å². The Balaban J connectivity index is 1.98. The molecule has 1 unspecified atom stereocenters. The first-order valence-corrected chi connectivity index (χ1v) is 7.95. The topological polar surface area (TPSA) is 85.4 Å². The molecule has 9 heteroatoms. The molecule has 8 nitrogen and oxygen atoms in total. The number of morpholine rings is 2. The van der Waals surface area contributed by atoms with Crippen LogP contribution < -0.4 is 0 Å². The largest absolute Gasteiger partial charge is 0.469 e. The molecule has 0 spiro atoms. The predicted octanol–water partition coefficient (Wildman–Crippen LogP) is -1.17. The van der Waals surface area contributed by atoms with Crippen LogP contribution in [0.4, 0.5) is 0 Å². The van der Waals surface area contributed by atoms with E-state index in [1.54, 1.807) is 0 Å². The summed E-state index contributed by atoms with van der Waals surface area (Å²) in [4.78, 5) is 11.2. The molecule has 2 aliphatic rings. The minimum atomic E-state index is -3.51. The number of nitrogens with zero attached hydrogens (tertiary/aromatic N) is 2. The Kier molecular flexibility index (Phi) is 5.33. The maximum Gasteiger partial charge on any atom is 0.308 e. The third-order valence-corrected chi connectivity index (χ3v) is 5.35. The highest BCUT2D eigenvalue weighted by Crippen LogP contribution is 2.17. The van der Waals surface area contributed by atoms with Gasteiger partial charge in [0.05, 0.1) is 39.5 Å². The van der Waals surface area contributed by atoms with Gasteiger partial charge in [-0.15, -0.1) is 0 Å². The average molecular weight is 308 g/mol. The van der Waals surface area contributed by atoms with E-state index in [4.69, 9.17) is 9.47 Å². The average Bonchev–Trinajstić information content (AvgIpc) is 2.48. The molecule has 20 heavy (non-hydrogen) atoms. The summed E-state index contributed by atoms with van der Waals surface area (Å²) in [6, 6.07) is 0. The molecule has 2 rings (SSSR count). The van der Waals surface area contributed by atoms with Gasteiger partial charge in [-0.1, -0.05) is 0 Å². The lowest BCUT2D eigenvalue weighted by Crippen LogP contribution is -2.53. The number of hydrogen-bond donors (Lipinski definition) is 0. The van der Waals surface area contributed by atoms with Gasteiger partial charge in [-0.2, -0.15) is 17.0 Å². The second-order valence-corrected chi connectivity index (χ2v) is 6.58. The molecule has 2 aliphatic heterocycles. The van der Waals surface area contributed by atoms with Crippen LogP contribution in [0.2, 0.25) is 0 Å². The van der Waals surface area contributed by atoms with Gasteiger partial charge in [0.1, 0.15) is 0 Å². The van der Waals surface area contributed by atoms with Crippen LogP contribution in [0, 0.1) is 0 Å². The molecule has 1 atom stereocenters. The fourth-order valence-electron chi connectivity index (χ4n) is 2.24. The van der Waals surface area contributed by atoms with Crippen molar-refractivity contribution in [3.05, 3.63) is 0 Å². The number of carbonyl (C=O) groups excluding carboxylic acids is 1. The molecule has 0 aliphatic carbocycles. The summed E-state index contributed by atoms with van der Waals surface area (Å²) in [5.74, 6) is -0.402. The first-order valence-electron chi connectivity index (χ1n) is 6.55. The Morgan fingerprint density at radius 1 is 1.20 bits per heavy atom. The van der Waals surface area contributed by atoms with Crippen LogP contribution >= 0.6 is 0 Å². The first kappa shape index (κ1) is 15.6. The highest BCUT2D eigenvalue weighted by Gasteiger charge is 2.35. The van der Waals surface area contributed by atoms with Crippen LogP contribution in [0.5, 0.6) is 0 Å². The van der Waals surface area contributed by atoms with Crippen LogP contribution in [0.25, 0.3) is 0 Å². The number of methoxy groups -OCH3 is 1. The van der Waals surface area contributed by atoms with Crippen molar-refractivity contribution < 1.29 is 27.4 Å². The van der Waals surface area contributed by atoms with Gasteiger partial charge in [0.25, 0.3) is 10.2 Å². The summed E-state index contributed by atoms with van der Waals surface area (Å²) in [6.07, 6.45) is -0.391. The second kappa shape index (κ2) is 6.81. The molecule has 0 aromatic carbocycles. The Hall–Kier alpha value is -0.740. The Labute approximate surface area is 118 Å². The lowest BCUT2D eigenvalue weighted by atomic mass is 10.2. The molecule has 0 N–H and O–H groups in total. The molecule has 2 heterocycles. The molecule has 2 fully saturated rings. The van der Waals surface area contributed by atoms with E-state index >= 15 is 0 Å². The van der Waals surface area contributed by atoms with Crippen molar-refractivity contribution in [3.63, 3.8) is 0 Å². The minimum Gasteiger partial charge on any atom is -0.469 e. The van der Waals surface area contributed by atoms with Crippen LogP contribution in [0.1, 0.15) is 6.42 Å². The fourth-order valence-corrected chi connectivity index (χ4v) is 3.83. The predicted molar refractivity (Wildman–Crippen MR) is 69.3 cm³/mol. The molecular weight excluding hydrogens is 288 g/mol. The highest BCUT2D eigenvalue weighted by molar-refractivity contribution is 7.86. The highest BCUT2D eigenvalue weighted by atomic mass is 32.2. The molecule has 0 amide bonds. The van der Waals surface area contributed by atoms with Crippen LogP contribution in [0.3, 0.4) is 0 Å². The summed E-state index contributed by atoms with van der Waals surface area (Å²) in [7, 11) is -2.21. The molecular formula is C11H20N2O6S. The molecule has 0 aromatic rings. The zero-order valence-electron chi connectivity index (χ0n) is 11.5.